The first kappa shape index (κ1) is 17.7. The van der Waals surface area contributed by atoms with Gasteiger partial charge in [-0.1, -0.05) is 20.8 Å². The topological polar surface area (TPSA) is 59.1 Å². The molecule has 0 radical (unpaired) electrons. The summed E-state index contributed by atoms with van der Waals surface area (Å²) in [6.07, 6.45) is 5.35. The van der Waals surface area contributed by atoms with Crippen molar-refractivity contribution >= 4 is 14.1 Å². The molecule has 2 bridgehead atoms. The highest BCUT2D eigenvalue weighted by molar-refractivity contribution is 6.74. The number of epoxide rings is 1. The molecule has 0 aromatic carbocycles. The number of rotatable bonds is 2. The monoisotopic (exact) mass is 364 g/mol. The van der Waals surface area contributed by atoms with Gasteiger partial charge in [-0.2, -0.15) is 0 Å². The molecule has 0 unspecified atom stereocenters. The molecule has 25 heavy (non-hydrogen) atoms. The number of fused-ring (bicyclic) bond motifs is 2. The van der Waals surface area contributed by atoms with Gasteiger partial charge in [0, 0.05) is 23.8 Å². The number of aliphatic hydroxyl groups excluding tert-OH is 1. The first-order valence-electron chi connectivity index (χ1n) is 9.84. The van der Waals surface area contributed by atoms with Crippen molar-refractivity contribution in [3.63, 3.8) is 0 Å². The molecule has 1 spiro atoms. The van der Waals surface area contributed by atoms with E-state index < -0.39 is 8.32 Å². The first-order chi connectivity index (χ1) is 11.6. The van der Waals surface area contributed by atoms with Crippen LogP contribution >= 0.6 is 0 Å². The maximum atomic E-state index is 12.9. The van der Waals surface area contributed by atoms with Crippen LogP contribution in [0.15, 0.2) is 11.3 Å². The van der Waals surface area contributed by atoms with Crippen molar-refractivity contribution in [2.24, 2.45) is 11.3 Å². The Labute approximate surface area is 152 Å². The van der Waals surface area contributed by atoms with Gasteiger partial charge >= 0.3 is 0 Å². The Hall–Kier alpha value is -0.653. The van der Waals surface area contributed by atoms with Crippen LogP contribution in [0.2, 0.25) is 18.1 Å². The van der Waals surface area contributed by atoms with Gasteiger partial charge in [0.2, 0.25) is 0 Å². The Morgan fingerprint density at radius 3 is 2.64 bits per heavy atom. The lowest BCUT2D eigenvalue weighted by Crippen LogP contribution is -2.52. The summed E-state index contributed by atoms with van der Waals surface area (Å²) in [7, 11) is -1.98. The molecule has 4 aliphatic rings. The second kappa shape index (κ2) is 5.43. The van der Waals surface area contributed by atoms with Crippen molar-refractivity contribution < 1.29 is 19.1 Å². The smallest absolute Gasteiger partial charge is 0.192 e. The molecule has 140 valence electrons. The summed E-state index contributed by atoms with van der Waals surface area (Å²) in [5, 5.41) is 10.7. The van der Waals surface area contributed by atoms with Crippen molar-refractivity contribution in [2.45, 2.75) is 95.7 Å². The normalized spacial score (nSPS) is 41.1. The minimum absolute atomic E-state index is 0.0518. The lowest BCUT2D eigenvalue weighted by atomic mass is 9.70. The number of allylic oxidation sites excluding steroid dienone is 1. The van der Waals surface area contributed by atoms with Crippen molar-refractivity contribution in [3.05, 3.63) is 11.3 Å². The van der Waals surface area contributed by atoms with Crippen LogP contribution < -0.4 is 0 Å². The lowest BCUT2D eigenvalue weighted by molar-refractivity contribution is -0.116. The van der Waals surface area contributed by atoms with Gasteiger partial charge in [-0.25, -0.2) is 0 Å². The average Bonchev–Trinajstić information content (AvgIpc) is 3.16. The number of hydrogen-bond acceptors (Lipinski definition) is 4. The molecule has 1 aliphatic heterocycles. The van der Waals surface area contributed by atoms with E-state index in [1.807, 2.05) is 0 Å². The minimum atomic E-state index is -1.98. The second-order valence-corrected chi connectivity index (χ2v) is 14.9. The largest absolute Gasteiger partial charge is 0.512 e. The summed E-state index contributed by atoms with van der Waals surface area (Å²) >= 11 is 0. The maximum Gasteiger partial charge on any atom is 0.192 e. The van der Waals surface area contributed by atoms with E-state index in [-0.39, 0.29) is 28.4 Å². The van der Waals surface area contributed by atoms with E-state index in [0.29, 0.717) is 36.2 Å². The second-order valence-electron chi connectivity index (χ2n) is 10.2. The van der Waals surface area contributed by atoms with Crippen LogP contribution in [0, 0.1) is 11.3 Å². The summed E-state index contributed by atoms with van der Waals surface area (Å²) in [6, 6.07) is 0. The fourth-order valence-electron chi connectivity index (χ4n) is 5.13. The Morgan fingerprint density at radius 1 is 1.24 bits per heavy atom. The predicted molar refractivity (Wildman–Crippen MR) is 99.0 cm³/mol. The van der Waals surface area contributed by atoms with Crippen molar-refractivity contribution in [1.29, 1.82) is 0 Å². The Kier molecular flexibility index (Phi) is 3.85. The van der Waals surface area contributed by atoms with Crippen LogP contribution in [0.1, 0.15) is 59.3 Å². The molecule has 4 rings (SSSR count). The van der Waals surface area contributed by atoms with Crippen LogP contribution in [0.3, 0.4) is 0 Å². The summed E-state index contributed by atoms with van der Waals surface area (Å²) in [4.78, 5) is 12.9. The zero-order valence-electron chi connectivity index (χ0n) is 16.2. The van der Waals surface area contributed by atoms with E-state index in [1.54, 1.807) is 0 Å². The van der Waals surface area contributed by atoms with Crippen molar-refractivity contribution in [3.8, 4) is 0 Å². The summed E-state index contributed by atoms with van der Waals surface area (Å²) in [6.45, 7) is 11.4. The minimum Gasteiger partial charge on any atom is -0.512 e. The summed E-state index contributed by atoms with van der Waals surface area (Å²) < 4.78 is 12.9. The standard InChI is InChI=1S/C20H32O4Si/c1-19(2,3)25(4,5)24-18-12-6-7-13(21)17-14(22)8-9-20(17,18)11-16-15(10-12)23-16/h12,15-16,18,22H,6-11H2,1-5H3/t12-,15-,16-,18+,20-/m0/s1. The van der Waals surface area contributed by atoms with Crippen LogP contribution in [-0.2, 0) is 14.0 Å². The molecule has 5 atom stereocenters. The number of carbonyl (C=O) groups is 1. The fraction of sp³-hybridized carbons (Fsp3) is 0.850. The third-order valence-corrected chi connectivity index (χ3v) is 12.1. The van der Waals surface area contributed by atoms with E-state index in [0.717, 1.165) is 25.7 Å². The summed E-state index contributed by atoms with van der Waals surface area (Å²) in [5.74, 6) is 0.841. The SMILES string of the molecule is CC(C)(C)[Si](C)(C)O[C@@H]1[C@H]2CCC(=O)C3=C(O)CC[C@]31C[C@@H]1O[C@H]1C2. The predicted octanol–water partition coefficient (Wildman–Crippen LogP) is 4.51. The highest BCUT2D eigenvalue weighted by Gasteiger charge is 2.62. The molecular weight excluding hydrogens is 332 g/mol. The number of hydrogen-bond donors (Lipinski definition) is 1. The molecule has 0 aromatic rings. The number of aliphatic hydroxyl groups is 1. The molecular formula is C20H32O4Si. The van der Waals surface area contributed by atoms with Gasteiger partial charge in [0.15, 0.2) is 14.1 Å². The van der Waals surface area contributed by atoms with Crippen LogP contribution in [0.4, 0.5) is 0 Å². The zero-order chi connectivity index (χ0) is 18.2. The van der Waals surface area contributed by atoms with E-state index in [9.17, 15) is 9.90 Å². The van der Waals surface area contributed by atoms with E-state index >= 15 is 0 Å². The Morgan fingerprint density at radius 2 is 1.96 bits per heavy atom. The van der Waals surface area contributed by atoms with Crippen LogP contribution in [0.25, 0.3) is 0 Å². The first-order valence-corrected chi connectivity index (χ1v) is 12.7. The number of ether oxygens (including phenoxy) is 1. The van der Waals surface area contributed by atoms with Crippen LogP contribution in [0.5, 0.6) is 0 Å². The van der Waals surface area contributed by atoms with Crippen molar-refractivity contribution in [1.82, 2.24) is 0 Å². The molecule has 0 amide bonds. The van der Waals surface area contributed by atoms with Gasteiger partial charge in [0.05, 0.1) is 24.1 Å². The third kappa shape index (κ3) is 2.65. The third-order valence-electron chi connectivity index (χ3n) is 7.60. The molecule has 1 heterocycles. The molecule has 1 N–H and O–H groups in total. The van der Waals surface area contributed by atoms with Crippen molar-refractivity contribution in [2.75, 3.05) is 0 Å². The number of carbonyl (C=O) groups excluding carboxylic acids is 1. The number of ketones is 1. The molecule has 4 nitrogen and oxygen atoms in total. The quantitative estimate of drug-likeness (QED) is 0.578. The van der Waals surface area contributed by atoms with E-state index in [2.05, 4.69) is 33.9 Å². The highest BCUT2D eigenvalue weighted by Crippen LogP contribution is 2.60. The fourth-order valence-corrected chi connectivity index (χ4v) is 6.54. The van der Waals surface area contributed by atoms with Gasteiger partial charge < -0.3 is 14.3 Å². The highest BCUT2D eigenvalue weighted by atomic mass is 28.4. The van der Waals surface area contributed by atoms with E-state index in [4.69, 9.17) is 9.16 Å². The molecule has 0 aromatic heterocycles. The van der Waals surface area contributed by atoms with E-state index in [1.165, 1.54) is 0 Å². The molecule has 3 fully saturated rings. The average molecular weight is 365 g/mol. The Bertz CT molecular complexity index is 632. The van der Waals surface area contributed by atoms with Gasteiger partial charge in [-0.05, 0) is 49.7 Å². The molecule has 3 aliphatic carbocycles. The number of Topliss-reactive ketones (excluding diaryl/α,β-unsaturated/α-hetero) is 1. The molecule has 2 saturated carbocycles. The summed E-state index contributed by atoms with van der Waals surface area (Å²) in [5.41, 5.74) is 0.378. The molecule has 1 saturated heterocycles. The molecule has 5 heteroatoms. The van der Waals surface area contributed by atoms with Gasteiger partial charge in [-0.3, -0.25) is 4.79 Å². The van der Waals surface area contributed by atoms with Gasteiger partial charge in [0.25, 0.3) is 0 Å². The lowest BCUT2D eigenvalue weighted by Gasteiger charge is -2.47. The Balaban J connectivity index is 1.80. The van der Waals surface area contributed by atoms with Crippen LogP contribution in [-0.4, -0.2) is 37.5 Å². The van der Waals surface area contributed by atoms with Gasteiger partial charge in [0.1, 0.15) is 0 Å². The van der Waals surface area contributed by atoms with Gasteiger partial charge in [-0.15, -0.1) is 0 Å². The zero-order valence-corrected chi connectivity index (χ0v) is 17.2. The maximum absolute atomic E-state index is 12.9.